The van der Waals surface area contributed by atoms with E-state index < -0.39 is 0 Å². The molecule has 3 rings (SSSR count). The maximum atomic E-state index is 5.96. The van der Waals surface area contributed by atoms with Crippen molar-refractivity contribution >= 4 is 11.6 Å². The normalized spacial score (nSPS) is 11.1. The first-order chi connectivity index (χ1) is 13.6. The zero-order valence-corrected chi connectivity index (χ0v) is 17.5. The van der Waals surface area contributed by atoms with Crippen molar-refractivity contribution in [2.24, 2.45) is 0 Å². The lowest BCUT2D eigenvalue weighted by atomic mass is 10.0. The Morgan fingerprint density at radius 3 is 1.86 bits per heavy atom. The van der Waals surface area contributed by atoms with Crippen LogP contribution < -0.4 is 5.32 Å². The molecule has 1 N–H and O–H groups in total. The van der Waals surface area contributed by atoms with Crippen LogP contribution in [0.2, 0.25) is 5.02 Å². The van der Waals surface area contributed by atoms with Gasteiger partial charge >= 0.3 is 0 Å². The lowest BCUT2D eigenvalue weighted by molar-refractivity contribution is 0.402. The fraction of sp³-hybridized carbons (Fsp3) is 0.280. The van der Waals surface area contributed by atoms with E-state index in [9.17, 15) is 0 Å². The number of benzene rings is 3. The highest BCUT2D eigenvalue weighted by atomic mass is 35.5. The topological polar surface area (TPSA) is 15.3 Å². The molecule has 0 heterocycles. The van der Waals surface area contributed by atoms with Crippen molar-refractivity contribution in [1.82, 2.24) is 10.2 Å². The summed E-state index contributed by atoms with van der Waals surface area (Å²) in [6.07, 6.45) is 2.23. The minimum Gasteiger partial charge on any atom is -0.313 e. The minimum absolute atomic E-state index is 0.775. The van der Waals surface area contributed by atoms with Crippen molar-refractivity contribution in [3.05, 3.63) is 94.5 Å². The van der Waals surface area contributed by atoms with Gasteiger partial charge in [0.1, 0.15) is 0 Å². The molecule has 0 unspecified atom stereocenters. The molecule has 0 fully saturated rings. The van der Waals surface area contributed by atoms with Crippen molar-refractivity contribution < 1.29 is 0 Å². The molecule has 0 aliphatic heterocycles. The van der Waals surface area contributed by atoms with Crippen LogP contribution >= 0.6 is 11.6 Å². The number of aryl methyl sites for hydroxylation is 1. The Bertz CT molecular complexity index is 837. The molecule has 146 valence electrons. The SMILES string of the molecule is CN(C)Cc1ccc(CNCCCc2ccc(-c3ccc(Cl)cc3)cc2)cc1. The Hall–Kier alpha value is -2.13. The Morgan fingerprint density at radius 1 is 0.714 bits per heavy atom. The van der Waals surface area contributed by atoms with Crippen molar-refractivity contribution in [1.29, 1.82) is 0 Å². The molecule has 0 radical (unpaired) electrons. The van der Waals surface area contributed by atoms with Crippen LogP contribution in [-0.2, 0) is 19.5 Å². The molecular weight excluding hydrogens is 364 g/mol. The lowest BCUT2D eigenvalue weighted by Crippen LogP contribution is -2.15. The van der Waals surface area contributed by atoms with Gasteiger partial charge in [-0.2, -0.15) is 0 Å². The van der Waals surface area contributed by atoms with Crippen LogP contribution in [0.3, 0.4) is 0 Å². The van der Waals surface area contributed by atoms with E-state index in [4.69, 9.17) is 11.6 Å². The summed E-state index contributed by atoms with van der Waals surface area (Å²) in [7, 11) is 4.20. The highest BCUT2D eigenvalue weighted by molar-refractivity contribution is 6.30. The Kier molecular flexibility index (Phi) is 7.67. The van der Waals surface area contributed by atoms with E-state index in [-0.39, 0.29) is 0 Å². The Balaban J connectivity index is 1.38. The van der Waals surface area contributed by atoms with Crippen LogP contribution in [0.5, 0.6) is 0 Å². The van der Waals surface area contributed by atoms with E-state index in [2.05, 4.69) is 85.0 Å². The number of halogens is 1. The zero-order chi connectivity index (χ0) is 19.8. The molecular formula is C25H29ClN2. The molecule has 28 heavy (non-hydrogen) atoms. The van der Waals surface area contributed by atoms with Crippen LogP contribution in [-0.4, -0.2) is 25.5 Å². The van der Waals surface area contributed by atoms with Crippen LogP contribution in [0.15, 0.2) is 72.8 Å². The van der Waals surface area contributed by atoms with Crippen LogP contribution in [0.25, 0.3) is 11.1 Å². The molecule has 2 nitrogen and oxygen atoms in total. The molecule has 3 heteroatoms. The van der Waals surface area contributed by atoms with Crippen molar-refractivity contribution in [2.75, 3.05) is 20.6 Å². The maximum absolute atomic E-state index is 5.96. The average molecular weight is 393 g/mol. The van der Waals surface area contributed by atoms with Gasteiger partial charge in [-0.05, 0) is 73.4 Å². The van der Waals surface area contributed by atoms with Crippen LogP contribution in [0.1, 0.15) is 23.1 Å². The van der Waals surface area contributed by atoms with E-state index in [0.717, 1.165) is 37.5 Å². The maximum Gasteiger partial charge on any atom is 0.0406 e. The Labute approximate surface area is 174 Å². The monoisotopic (exact) mass is 392 g/mol. The highest BCUT2D eigenvalue weighted by Crippen LogP contribution is 2.22. The van der Waals surface area contributed by atoms with Gasteiger partial charge in [-0.1, -0.05) is 72.3 Å². The quantitative estimate of drug-likeness (QED) is 0.463. The fourth-order valence-electron chi connectivity index (χ4n) is 3.28. The molecule has 3 aromatic carbocycles. The number of hydrogen-bond acceptors (Lipinski definition) is 2. The third-order valence-corrected chi connectivity index (χ3v) is 5.05. The summed E-state index contributed by atoms with van der Waals surface area (Å²) < 4.78 is 0. The van der Waals surface area contributed by atoms with Gasteiger partial charge in [0.2, 0.25) is 0 Å². The molecule has 0 saturated heterocycles. The molecule has 0 aliphatic rings. The van der Waals surface area contributed by atoms with Crippen LogP contribution in [0.4, 0.5) is 0 Å². The third-order valence-electron chi connectivity index (χ3n) is 4.80. The van der Waals surface area contributed by atoms with E-state index in [0.29, 0.717) is 0 Å². The summed E-state index contributed by atoms with van der Waals surface area (Å²) in [5.41, 5.74) is 6.52. The van der Waals surface area contributed by atoms with Gasteiger partial charge in [0.15, 0.2) is 0 Å². The minimum atomic E-state index is 0.775. The second-order valence-electron chi connectivity index (χ2n) is 7.54. The third kappa shape index (κ3) is 6.49. The van der Waals surface area contributed by atoms with E-state index in [1.54, 1.807) is 0 Å². The van der Waals surface area contributed by atoms with Gasteiger partial charge in [0, 0.05) is 18.1 Å². The molecule has 0 spiro atoms. The van der Waals surface area contributed by atoms with Crippen molar-refractivity contribution in [3.8, 4) is 11.1 Å². The van der Waals surface area contributed by atoms with E-state index in [1.165, 1.54) is 27.8 Å². The zero-order valence-electron chi connectivity index (χ0n) is 16.8. The van der Waals surface area contributed by atoms with Gasteiger partial charge in [-0.25, -0.2) is 0 Å². The first-order valence-electron chi connectivity index (χ1n) is 9.88. The highest BCUT2D eigenvalue weighted by Gasteiger charge is 2.00. The Morgan fingerprint density at radius 2 is 1.25 bits per heavy atom. The summed E-state index contributed by atoms with van der Waals surface area (Å²) in [6, 6.07) is 25.7. The number of hydrogen-bond donors (Lipinski definition) is 1. The van der Waals surface area contributed by atoms with Gasteiger partial charge in [-0.15, -0.1) is 0 Å². The van der Waals surface area contributed by atoms with E-state index in [1.807, 2.05) is 12.1 Å². The number of nitrogens with zero attached hydrogens (tertiary/aromatic N) is 1. The lowest BCUT2D eigenvalue weighted by Gasteiger charge is -2.10. The molecule has 3 aromatic rings. The standard InChI is InChI=1S/C25H29ClN2/c1-28(2)19-22-7-5-21(6-8-22)18-27-17-3-4-20-9-11-23(12-10-20)24-13-15-25(26)16-14-24/h5-16,27H,3-4,17-19H2,1-2H3. The van der Waals surface area contributed by atoms with Gasteiger partial charge < -0.3 is 10.2 Å². The van der Waals surface area contributed by atoms with Crippen molar-refractivity contribution in [3.63, 3.8) is 0 Å². The average Bonchev–Trinajstić information content (AvgIpc) is 2.70. The molecule has 0 saturated carbocycles. The molecule has 0 bridgehead atoms. The molecule has 0 aliphatic carbocycles. The second kappa shape index (κ2) is 10.4. The van der Waals surface area contributed by atoms with Gasteiger partial charge in [0.05, 0.1) is 0 Å². The number of nitrogens with one attached hydrogen (secondary N) is 1. The van der Waals surface area contributed by atoms with Crippen molar-refractivity contribution in [2.45, 2.75) is 25.9 Å². The first kappa shape index (κ1) is 20.6. The summed E-state index contributed by atoms with van der Waals surface area (Å²) in [6.45, 7) is 2.95. The van der Waals surface area contributed by atoms with Gasteiger partial charge in [0.25, 0.3) is 0 Å². The molecule has 0 amide bonds. The smallest absolute Gasteiger partial charge is 0.0406 e. The molecule has 0 aromatic heterocycles. The molecule has 0 atom stereocenters. The summed E-state index contributed by atoms with van der Waals surface area (Å²) in [5, 5.41) is 4.33. The second-order valence-corrected chi connectivity index (χ2v) is 7.97. The summed E-state index contributed by atoms with van der Waals surface area (Å²) in [5.74, 6) is 0. The van der Waals surface area contributed by atoms with E-state index >= 15 is 0 Å². The van der Waals surface area contributed by atoms with Crippen LogP contribution in [0, 0.1) is 0 Å². The summed E-state index contributed by atoms with van der Waals surface area (Å²) in [4.78, 5) is 2.19. The largest absolute Gasteiger partial charge is 0.313 e. The summed E-state index contributed by atoms with van der Waals surface area (Å²) >= 11 is 5.96. The number of rotatable bonds is 9. The first-order valence-corrected chi connectivity index (χ1v) is 10.3. The predicted octanol–water partition coefficient (Wildman–Crippen LogP) is 5.79. The fourth-order valence-corrected chi connectivity index (χ4v) is 3.41. The van der Waals surface area contributed by atoms with Gasteiger partial charge in [-0.3, -0.25) is 0 Å². The predicted molar refractivity (Wildman–Crippen MR) is 121 cm³/mol.